The van der Waals surface area contributed by atoms with Crippen LogP contribution in [-0.4, -0.2) is 59.6 Å². The van der Waals surface area contributed by atoms with E-state index in [1.54, 1.807) is 20.8 Å². The quantitative estimate of drug-likeness (QED) is 0.378. The summed E-state index contributed by atoms with van der Waals surface area (Å²) in [5.41, 5.74) is 1.65. The Morgan fingerprint density at radius 2 is 1.51 bits per heavy atom. The molecule has 2 N–H and O–H groups in total. The lowest BCUT2D eigenvalue weighted by Crippen LogP contribution is -2.60. The van der Waals surface area contributed by atoms with E-state index in [1.807, 2.05) is 83.1 Å². The number of alkyl carbamates (subject to hydrolysis) is 1. The summed E-state index contributed by atoms with van der Waals surface area (Å²) in [4.78, 5) is 54.9. The molecule has 0 saturated heterocycles. The van der Waals surface area contributed by atoms with Crippen LogP contribution in [0.1, 0.15) is 76.3 Å². The number of aryl methyl sites for hydroxylation is 2. The Morgan fingerprint density at radius 3 is 2.02 bits per heavy atom. The predicted molar refractivity (Wildman–Crippen MR) is 158 cm³/mol. The molecule has 2 rings (SSSR count). The minimum absolute atomic E-state index is 0.179. The summed E-state index contributed by atoms with van der Waals surface area (Å²) < 4.78 is 10.2. The number of nitrogens with one attached hydrogen (secondary N) is 2. The van der Waals surface area contributed by atoms with Crippen molar-refractivity contribution < 1.29 is 28.7 Å². The van der Waals surface area contributed by atoms with Crippen LogP contribution in [-0.2, 0) is 30.3 Å². The molecule has 9 heteroatoms. The van der Waals surface area contributed by atoms with Gasteiger partial charge in [0.15, 0.2) is 0 Å². The zero-order valence-corrected chi connectivity index (χ0v) is 25.8. The maximum absolute atomic E-state index is 14.6. The first kappa shape index (κ1) is 33.3. The Balaban J connectivity index is 2.68. The standard InChI is InChI=1S/C32H45N3O6/c1-10-32(7,8)35(27(28(37)33-20-26(36)40-9)24-17-21(2)16-22(3)18-24)29(38)25(19-23-14-12-11-13-15-23)34-30(39)41-31(4,5)6/h11-18,25,27H,10,19-20H2,1-9H3,(H,33,37)(H,34,39). The van der Waals surface area contributed by atoms with Gasteiger partial charge in [-0.25, -0.2) is 4.79 Å². The summed E-state index contributed by atoms with van der Waals surface area (Å²) in [5, 5.41) is 5.41. The van der Waals surface area contributed by atoms with Gasteiger partial charge in [-0.3, -0.25) is 14.4 Å². The fraction of sp³-hybridized carbons (Fsp3) is 0.500. The van der Waals surface area contributed by atoms with Crippen molar-refractivity contribution in [1.29, 1.82) is 0 Å². The number of ether oxygens (including phenoxy) is 2. The van der Waals surface area contributed by atoms with E-state index in [0.717, 1.165) is 16.7 Å². The van der Waals surface area contributed by atoms with Crippen LogP contribution >= 0.6 is 0 Å². The van der Waals surface area contributed by atoms with Crippen LogP contribution in [0.15, 0.2) is 48.5 Å². The molecule has 3 amide bonds. The molecule has 0 aliphatic heterocycles. The molecule has 0 fully saturated rings. The molecule has 2 unspecified atom stereocenters. The molecule has 2 aromatic carbocycles. The first-order chi connectivity index (χ1) is 19.1. The van der Waals surface area contributed by atoms with Gasteiger partial charge in [-0.15, -0.1) is 0 Å². The Kier molecular flexibility index (Phi) is 11.5. The summed E-state index contributed by atoms with van der Waals surface area (Å²) >= 11 is 0. The van der Waals surface area contributed by atoms with Crippen LogP contribution in [0, 0.1) is 13.8 Å². The van der Waals surface area contributed by atoms with Crippen molar-refractivity contribution >= 4 is 23.9 Å². The van der Waals surface area contributed by atoms with Gasteiger partial charge in [-0.05, 0) is 66.0 Å². The molecule has 41 heavy (non-hydrogen) atoms. The molecule has 224 valence electrons. The number of benzene rings is 2. The molecular weight excluding hydrogens is 522 g/mol. The first-order valence-electron chi connectivity index (χ1n) is 13.9. The molecule has 0 radical (unpaired) electrons. The van der Waals surface area contributed by atoms with E-state index in [1.165, 1.54) is 12.0 Å². The number of carbonyl (C=O) groups excluding carboxylic acids is 4. The minimum Gasteiger partial charge on any atom is -0.468 e. The fourth-order valence-corrected chi connectivity index (χ4v) is 4.53. The van der Waals surface area contributed by atoms with Crippen molar-refractivity contribution in [3.63, 3.8) is 0 Å². The van der Waals surface area contributed by atoms with E-state index in [9.17, 15) is 19.2 Å². The zero-order valence-electron chi connectivity index (χ0n) is 25.8. The maximum Gasteiger partial charge on any atom is 0.408 e. The Hall–Kier alpha value is -3.88. The van der Waals surface area contributed by atoms with Gasteiger partial charge in [0.25, 0.3) is 0 Å². The highest BCUT2D eigenvalue weighted by Gasteiger charge is 2.43. The van der Waals surface area contributed by atoms with Gasteiger partial charge in [0.2, 0.25) is 11.8 Å². The number of rotatable bonds is 11. The second-order valence-electron chi connectivity index (χ2n) is 11.9. The third-order valence-corrected chi connectivity index (χ3v) is 6.73. The molecule has 2 atom stereocenters. The van der Waals surface area contributed by atoms with Crippen molar-refractivity contribution in [2.75, 3.05) is 13.7 Å². The minimum atomic E-state index is -1.10. The average molecular weight is 568 g/mol. The second kappa shape index (κ2) is 14.1. The normalized spacial score (nSPS) is 13.0. The van der Waals surface area contributed by atoms with E-state index < -0.39 is 47.1 Å². The monoisotopic (exact) mass is 567 g/mol. The number of methoxy groups -OCH3 is 1. The number of amides is 3. The summed E-state index contributed by atoms with van der Waals surface area (Å²) in [6.07, 6.45) is -0.0491. The van der Waals surface area contributed by atoms with E-state index in [4.69, 9.17) is 9.47 Å². The number of nitrogens with zero attached hydrogens (tertiary/aromatic N) is 1. The highest BCUT2D eigenvalue weighted by Crippen LogP contribution is 2.33. The van der Waals surface area contributed by atoms with Gasteiger partial charge in [-0.2, -0.15) is 0 Å². The Bertz CT molecular complexity index is 1200. The Labute approximate surface area is 244 Å². The largest absolute Gasteiger partial charge is 0.468 e. The van der Waals surface area contributed by atoms with Crippen molar-refractivity contribution in [2.45, 2.75) is 91.5 Å². The molecule has 0 aliphatic carbocycles. The lowest BCUT2D eigenvalue weighted by molar-refractivity contribution is -0.150. The van der Waals surface area contributed by atoms with Gasteiger partial charge in [0.05, 0.1) is 7.11 Å². The molecule has 2 aromatic rings. The molecule has 0 bridgehead atoms. The van der Waals surface area contributed by atoms with Crippen molar-refractivity contribution in [2.24, 2.45) is 0 Å². The molecule has 0 aliphatic rings. The third kappa shape index (κ3) is 9.92. The first-order valence-corrected chi connectivity index (χ1v) is 13.9. The highest BCUT2D eigenvalue weighted by molar-refractivity contribution is 5.94. The van der Waals surface area contributed by atoms with Gasteiger partial charge in [0, 0.05) is 12.0 Å². The topological polar surface area (TPSA) is 114 Å². The SMILES string of the molecule is CCC(C)(C)N(C(=O)C(Cc1ccccc1)NC(=O)OC(C)(C)C)C(C(=O)NCC(=O)OC)c1cc(C)cc(C)c1. The van der Waals surface area contributed by atoms with Crippen molar-refractivity contribution in [3.8, 4) is 0 Å². The second-order valence-corrected chi connectivity index (χ2v) is 11.9. The fourth-order valence-electron chi connectivity index (χ4n) is 4.53. The van der Waals surface area contributed by atoms with E-state index in [2.05, 4.69) is 10.6 Å². The highest BCUT2D eigenvalue weighted by atomic mass is 16.6. The predicted octanol–water partition coefficient (Wildman–Crippen LogP) is 4.79. The van der Waals surface area contributed by atoms with Crippen LogP contribution in [0.4, 0.5) is 4.79 Å². The zero-order chi connectivity index (χ0) is 31.0. The van der Waals surface area contributed by atoms with Crippen LogP contribution in [0.25, 0.3) is 0 Å². The molecule has 0 heterocycles. The molecule has 9 nitrogen and oxygen atoms in total. The van der Waals surface area contributed by atoms with Crippen molar-refractivity contribution in [3.05, 3.63) is 70.8 Å². The molecule has 0 aromatic heterocycles. The van der Waals surface area contributed by atoms with Crippen LogP contribution < -0.4 is 10.6 Å². The molecule has 0 spiro atoms. The number of esters is 1. The van der Waals surface area contributed by atoms with Crippen LogP contribution in [0.3, 0.4) is 0 Å². The molecule has 0 saturated carbocycles. The van der Waals surface area contributed by atoms with E-state index >= 15 is 0 Å². The van der Waals surface area contributed by atoms with Crippen LogP contribution in [0.5, 0.6) is 0 Å². The number of hydrogen-bond donors (Lipinski definition) is 2. The third-order valence-electron chi connectivity index (χ3n) is 6.73. The summed E-state index contributed by atoms with van der Waals surface area (Å²) in [5.74, 6) is -1.60. The van der Waals surface area contributed by atoms with Crippen LogP contribution in [0.2, 0.25) is 0 Å². The van der Waals surface area contributed by atoms with Crippen molar-refractivity contribution in [1.82, 2.24) is 15.5 Å². The Morgan fingerprint density at radius 1 is 0.927 bits per heavy atom. The van der Waals surface area contributed by atoms with Gasteiger partial charge in [-0.1, -0.05) is 66.6 Å². The van der Waals surface area contributed by atoms with Gasteiger partial charge >= 0.3 is 12.1 Å². The lowest BCUT2D eigenvalue weighted by Gasteiger charge is -2.44. The summed E-state index contributed by atoms with van der Waals surface area (Å²) in [7, 11) is 1.24. The summed E-state index contributed by atoms with van der Waals surface area (Å²) in [6, 6.07) is 12.9. The summed E-state index contributed by atoms with van der Waals surface area (Å²) in [6.45, 7) is 14.4. The van der Waals surface area contributed by atoms with E-state index in [-0.39, 0.29) is 13.0 Å². The molecular formula is C32H45N3O6. The maximum atomic E-state index is 14.6. The lowest BCUT2D eigenvalue weighted by atomic mass is 9.90. The van der Waals surface area contributed by atoms with Gasteiger partial charge in [0.1, 0.15) is 24.2 Å². The average Bonchev–Trinajstić information content (AvgIpc) is 2.88. The smallest absolute Gasteiger partial charge is 0.408 e. The number of carbonyl (C=O) groups is 4. The van der Waals surface area contributed by atoms with E-state index in [0.29, 0.717) is 12.0 Å². The van der Waals surface area contributed by atoms with Gasteiger partial charge < -0.3 is 25.0 Å². The number of hydrogen-bond acceptors (Lipinski definition) is 6.